The molecule has 0 amide bonds. The van der Waals surface area contributed by atoms with E-state index in [0.29, 0.717) is 32.1 Å². The molecule has 0 aliphatic carbocycles. The molecule has 38 heavy (non-hydrogen) atoms. The predicted octanol–water partition coefficient (Wildman–Crippen LogP) is 4.28. The molecule has 1 atom stereocenters. The Morgan fingerprint density at radius 2 is 1.79 bits per heavy atom. The number of methoxy groups -OCH3 is 2. The average molecular weight is 533 g/mol. The van der Waals surface area contributed by atoms with Crippen LogP contribution in [0.2, 0.25) is 0 Å². The van der Waals surface area contributed by atoms with Gasteiger partial charge in [0.15, 0.2) is 16.3 Å². The molecule has 2 aromatic carbocycles. The van der Waals surface area contributed by atoms with Crippen molar-refractivity contribution in [1.29, 1.82) is 0 Å². The lowest BCUT2D eigenvalue weighted by molar-refractivity contribution is -0.138. The highest BCUT2D eigenvalue weighted by Gasteiger charge is 2.34. The smallest absolute Gasteiger partial charge is 0.338 e. The Labute approximate surface area is 226 Å². The minimum Gasteiger partial charge on any atom is -0.493 e. The molecular weight excluding hydrogens is 500 g/mol. The van der Waals surface area contributed by atoms with E-state index in [1.54, 1.807) is 37.8 Å². The Morgan fingerprint density at radius 3 is 2.39 bits per heavy atom. The fraction of sp³-hybridized carbons (Fsp3) is 0.300. The van der Waals surface area contributed by atoms with Gasteiger partial charge in [-0.05, 0) is 47.2 Å². The molecule has 198 valence electrons. The number of ether oxygens (including phenoxy) is 3. The fourth-order valence-corrected chi connectivity index (χ4v) is 5.41. The quantitative estimate of drug-likeness (QED) is 0.335. The molecule has 0 saturated heterocycles. The lowest BCUT2D eigenvalue weighted by atomic mass is 9.87. The van der Waals surface area contributed by atoms with Crippen LogP contribution in [0.3, 0.4) is 0 Å². The summed E-state index contributed by atoms with van der Waals surface area (Å²) in [6.07, 6.45) is 3.36. The lowest BCUT2D eigenvalue weighted by Crippen LogP contribution is -2.40. The molecule has 8 heteroatoms. The highest BCUT2D eigenvalue weighted by atomic mass is 32.1. The minimum absolute atomic E-state index is 0.0332. The van der Waals surface area contributed by atoms with E-state index in [1.807, 2.05) is 24.3 Å². The van der Waals surface area contributed by atoms with Gasteiger partial charge in [0.2, 0.25) is 0 Å². The average Bonchev–Trinajstić information content (AvgIpc) is 3.19. The van der Waals surface area contributed by atoms with Crippen LogP contribution in [-0.2, 0) is 14.9 Å². The van der Waals surface area contributed by atoms with Gasteiger partial charge in [-0.2, -0.15) is 0 Å². The Hall–Kier alpha value is -3.91. The third-order valence-electron chi connectivity index (χ3n) is 6.37. The van der Waals surface area contributed by atoms with Crippen LogP contribution in [0.1, 0.15) is 50.4 Å². The van der Waals surface area contributed by atoms with Crippen molar-refractivity contribution in [1.82, 2.24) is 4.57 Å². The van der Waals surface area contributed by atoms with Crippen molar-refractivity contribution < 1.29 is 19.0 Å². The highest BCUT2D eigenvalue weighted by Crippen LogP contribution is 2.36. The standard InChI is InChI=1S/C30H32N2O5S/c1-8-15-37-28(34)25-18(2)31-29-32(26(25)20-11-14-22(35-6)23(17-20)36-7)27(33)24(38-29)16-19-9-12-21(13-10-19)30(3,4)5/h8-14,16-17,26H,1,15H2,2-7H3/b24-16+/t26-/m1/s1. The molecule has 4 rings (SSSR count). The first-order chi connectivity index (χ1) is 18.1. The van der Waals surface area contributed by atoms with E-state index in [9.17, 15) is 9.59 Å². The van der Waals surface area contributed by atoms with E-state index < -0.39 is 12.0 Å². The van der Waals surface area contributed by atoms with Crippen molar-refractivity contribution in [2.75, 3.05) is 20.8 Å². The van der Waals surface area contributed by atoms with Crippen molar-refractivity contribution in [3.8, 4) is 11.5 Å². The van der Waals surface area contributed by atoms with Gasteiger partial charge in [0.05, 0.1) is 36.1 Å². The monoisotopic (exact) mass is 532 g/mol. The maximum absolute atomic E-state index is 13.8. The van der Waals surface area contributed by atoms with Gasteiger partial charge in [-0.25, -0.2) is 9.79 Å². The number of hydrogen-bond acceptors (Lipinski definition) is 7. The first-order valence-electron chi connectivity index (χ1n) is 12.2. The summed E-state index contributed by atoms with van der Waals surface area (Å²) in [5.74, 6) is 0.469. The lowest BCUT2D eigenvalue weighted by Gasteiger charge is -2.25. The number of nitrogens with zero attached hydrogens (tertiary/aromatic N) is 2. The van der Waals surface area contributed by atoms with Crippen molar-refractivity contribution in [2.24, 2.45) is 4.99 Å². The summed E-state index contributed by atoms with van der Waals surface area (Å²) in [7, 11) is 3.09. The first-order valence-corrected chi connectivity index (χ1v) is 13.0. The molecule has 1 aliphatic rings. The largest absolute Gasteiger partial charge is 0.493 e. The number of fused-ring (bicyclic) bond motifs is 1. The SMILES string of the molecule is C=CCOC(=O)C1=C(C)N=c2s/c(=C/c3ccc(C(C)(C)C)cc3)c(=O)n2[C@@H]1c1ccc(OC)c(OC)c1. The van der Waals surface area contributed by atoms with Crippen LogP contribution in [0.15, 0.2) is 76.2 Å². The maximum atomic E-state index is 13.8. The molecule has 0 saturated carbocycles. The van der Waals surface area contributed by atoms with Crippen molar-refractivity contribution in [3.63, 3.8) is 0 Å². The number of esters is 1. The molecule has 1 aliphatic heterocycles. The van der Waals surface area contributed by atoms with E-state index in [0.717, 1.165) is 5.56 Å². The molecule has 0 bridgehead atoms. The number of hydrogen-bond donors (Lipinski definition) is 0. The van der Waals surface area contributed by atoms with Gasteiger partial charge in [0.1, 0.15) is 6.61 Å². The fourth-order valence-electron chi connectivity index (χ4n) is 4.36. The molecule has 0 N–H and O–H groups in total. The number of allylic oxidation sites excluding steroid dienone is 1. The second-order valence-corrected chi connectivity index (χ2v) is 11.0. The van der Waals surface area contributed by atoms with E-state index >= 15 is 0 Å². The van der Waals surface area contributed by atoms with Crippen molar-refractivity contribution in [3.05, 3.63) is 103 Å². The van der Waals surface area contributed by atoms with E-state index in [2.05, 4.69) is 44.5 Å². The van der Waals surface area contributed by atoms with Gasteiger partial charge >= 0.3 is 5.97 Å². The molecule has 0 spiro atoms. The molecule has 1 aromatic heterocycles. The first kappa shape index (κ1) is 27.1. The number of benzene rings is 2. The summed E-state index contributed by atoms with van der Waals surface area (Å²) in [5.41, 5.74) is 3.36. The van der Waals surface area contributed by atoms with E-state index in [1.165, 1.54) is 23.0 Å². The summed E-state index contributed by atoms with van der Waals surface area (Å²) < 4.78 is 18.4. The van der Waals surface area contributed by atoms with E-state index in [-0.39, 0.29) is 23.2 Å². The van der Waals surface area contributed by atoms with E-state index in [4.69, 9.17) is 14.2 Å². The Morgan fingerprint density at radius 1 is 1.11 bits per heavy atom. The van der Waals surface area contributed by atoms with Crippen LogP contribution in [0, 0.1) is 0 Å². The van der Waals surface area contributed by atoms with Gasteiger partial charge < -0.3 is 14.2 Å². The van der Waals surface area contributed by atoms with Crippen molar-refractivity contribution >= 4 is 23.4 Å². The predicted molar refractivity (Wildman–Crippen MR) is 150 cm³/mol. The summed E-state index contributed by atoms with van der Waals surface area (Å²) in [6.45, 7) is 11.9. The van der Waals surface area contributed by atoms with Gasteiger partial charge in [-0.15, -0.1) is 0 Å². The van der Waals surface area contributed by atoms with Gasteiger partial charge in [0.25, 0.3) is 5.56 Å². The normalized spacial score (nSPS) is 15.5. The third-order valence-corrected chi connectivity index (χ3v) is 7.35. The molecule has 3 aromatic rings. The number of carbonyl (C=O) groups is 1. The number of rotatable bonds is 7. The van der Waals surface area contributed by atoms with Gasteiger partial charge in [0, 0.05) is 0 Å². The number of thiazole rings is 1. The number of aromatic nitrogens is 1. The van der Waals surface area contributed by atoms with Crippen LogP contribution in [0.5, 0.6) is 11.5 Å². The number of carbonyl (C=O) groups excluding carboxylic acids is 1. The second kappa shape index (κ2) is 10.8. The zero-order chi connectivity index (χ0) is 27.6. The molecule has 0 unspecified atom stereocenters. The Kier molecular flexibility index (Phi) is 7.73. The molecule has 0 fully saturated rings. The molecule has 2 heterocycles. The summed E-state index contributed by atoms with van der Waals surface area (Å²) in [5, 5.41) is 0. The zero-order valence-corrected chi connectivity index (χ0v) is 23.3. The summed E-state index contributed by atoms with van der Waals surface area (Å²) >= 11 is 1.29. The van der Waals surface area contributed by atoms with Crippen molar-refractivity contribution in [2.45, 2.75) is 39.2 Å². The molecular formula is C30H32N2O5S. The third kappa shape index (κ3) is 5.22. The minimum atomic E-state index is -0.756. The van der Waals surface area contributed by atoms with Crippen LogP contribution in [0.25, 0.3) is 6.08 Å². The zero-order valence-electron chi connectivity index (χ0n) is 22.5. The molecule has 0 radical (unpaired) electrons. The van der Waals surface area contributed by atoms with Gasteiger partial charge in [-0.3, -0.25) is 9.36 Å². The van der Waals surface area contributed by atoms with Crippen LogP contribution in [0.4, 0.5) is 0 Å². The maximum Gasteiger partial charge on any atom is 0.338 e. The topological polar surface area (TPSA) is 79.1 Å². The van der Waals surface area contributed by atoms with Crippen LogP contribution >= 0.6 is 11.3 Å². The summed E-state index contributed by atoms with van der Waals surface area (Å²) in [4.78, 5) is 32.2. The Balaban J connectivity index is 1.91. The van der Waals surface area contributed by atoms with Crippen LogP contribution < -0.4 is 24.4 Å². The second-order valence-electron chi connectivity index (χ2n) is 9.96. The van der Waals surface area contributed by atoms with Gasteiger partial charge in [-0.1, -0.05) is 75.1 Å². The highest BCUT2D eigenvalue weighted by molar-refractivity contribution is 7.07. The summed E-state index contributed by atoms with van der Waals surface area (Å²) in [6, 6.07) is 12.7. The van der Waals surface area contributed by atoms with Crippen LogP contribution in [-0.4, -0.2) is 31.4 Å². The Bertz CT molecular complexity index is 1590. The molecule has 7 nitrogen and oxygen atoms in total.